The largest absolute Gasteiger partial charge is 0.507 e. The highest BCUT2D eigenvalue weighted by Gasteiger charge is 2.65. The van der Waals surface area contributed by atoms with E-state index in [1.807, 2.05) is 0 Å². The van der Waals surface area contributed by atoms with Crippen LogP contribution in [0.25, 0.3) is 22.3 Å². The lowest BCUT2D eigenvalue weighted by atomic mass is 9.76. The zero-order valence-electron chi connectivity index (χ0n) is 22.1. The van der Waals surface area contributed by atoms with Gasteiger partial charge in [0.15, 0.2) is 17.1 Å². The van der Waals surface area contributed by atoms with Gasteiger partial charge in [0.1, 0.15) is 65.7 Å². The third-order valence-corrected chi connectivity index (χ3v) is 7.67. The normalized spacial score (nSPS) is 34.7. The van der Waals surface area contributed by atoms with Crippen molar-refractivity contribution in [2.24, 2.45) is 0 Å². The minimum absolute atomic E-state index is 0.0431. The van der Waals surface area contributed by atoms with Gasteiger partial charge in [-0.3, -0.25) is 0 Å². The maximum absolute atomic E-state index is 11.9. The van der Waals surface area contributed by atoms with Crippen molar-refractivity contribution in [1.82, 2.24) is 0 Å². The highest BCUT2D eigenvalue weighted by atomic mass is 16.7. The molecule has 0 bridgehead atoms. The SMILES string of the molecule is OC[C@H]1O[C@@H](Oc2cc3c(O)cc(O)cc3[o+]c2-c2ccc(O)c(O)c2)[C@@](O)([C@@H]2O[C@H](CO)[C@@H](O)[C@H](O)[C@H]2O)[C@@H](O)[C@@H]1O. The lowest BCUT2D eigenvalue weighted by Gasteiger charge is -2.54. The van der Waals surface area contributed by atoms with Gasteiger partial charge in [-0.05, 0) is 12.1 Å². The molecule has 2 saturated heterocycles. The summed E-state index contributed by atoms with van der Waals surface area (Å²) in [7, 11) is 0. The Morgan fingerprint density at radius 1 is 0.744 bits per heavy atom. The van der Waals surface area contributed by atoms with Gasteiger partial charge in [0, 0.05) is 18.2 Å². The highest BCUT2D eigenvalue weighted by Crippen LogP contribution is 2.45. The first-order chi connectivity index (χ1) is 20.3. The smallest absolute Gasteiger partial charge is 0.402 e. The molecule has 0 saturated carbocycles. The van der Waals surface area contributed by atoms with Gasteiger partial charge in [0.05, 0.1) is 24.8 Å². The Hall–Kier alpha value is -3.55. The standard InChI is InChI=1S/C27H30O16/c28-7-17-19(34)21(36)22(37)25(41-17)27(39)24(38)20(35)18(8-29)43-26(27)42-16-6-11-13(32)4-10(30)5-15(11)40-23(16)9-1-2-12(31)14(33)3-9/h1-6,17-22,24-26,28-29,34-39H,7-8H2,(H3-,30,31,32,33)/p+1/t17-,18-,19-,20-,21+,22-,24+,25-,26-,27+/m1/s1. The fourth-order valence-electron chi connectivity index (χ4n) is 5.28. The molecule has 3 heterocycles. The Balaban J connectivity index is 1.68. The van der Waals surface area contributed by atoms with Gasteiger partial charge in [0.2, 0.25) is 12.0 Å². The molecular formula is C27H31O16+. The molecule has 2 aliphatic rings. The van der Waals surface area contributed by atoms with Crippen LogP contribution in [-0.4, -0.2) is 135 Å². The lowest BCUT2D eigenvalue weighted by Crippen LogP contribution is -2.77. The van der Waals surface area contributed by atoms with E-state index in [-0.39, 0.29) is 33.8 Å². The Morgan fingerprint density at radius 3 is 2.07 bits per heavy atom. The van der Waals surface area contributed by atoms with Crippen LogP contribution in [0, 0.1) is 0 Å². The Bertz CT molecular complexity index is 1480. The number of aliphatic hydroxyl groups excluding tert-OH is 7. The maximum Gasteiger partial charge on any atom is 0.402 e. The number of aliphatic hydroxyl groups is 8. The molecule has 2 aliphatic heterocycles. The van der Waals surface area contributed by atoms with Gasteiger partial charge < -0.3 is 75.5 Å². The van der Waals surface area contributed by atoms with Gasteiger partial charge in [-0.1, -0.05) is 0 Å². The summed E-state index contributed by atoms with van der Waals surface area (Å²) in [6.07, 6.45) is -17.7. The molecule has 12 N–H and O–H groups in total. The molecule has 2 aromatic carbocycles. The van der Waals surface area contributed by atoms with E-state index in [1.54, 1.807) is 0 Å². The van der Waals surface area contributed by atoms with Crippen molar-refractivity contribution in [2.45, 2.75) is 60.7 Å². The minimum atomic E-state index is -3.00. The first-order valence-corrected chi connectivity index (χ1v) is 13.0. The van der Waals surface area contributed by atoms with E-state index in [2.05, 4.69) is 0 Å². The number of aromatic hydroxyl groups is 4. The molecule has 234 valence electrons. The minimum Gasteiger partial charge on any atom is -0.507 e. The lowest BCUT2D eigenvalue weighted by molar-refractivity contribution is -0.372. The topological polar surface area (TPSA) is 282 Å². The fraction of sp³-hybridized carbons (Fsp3) is 0.444. The van der Waals surface area contributed by atoms with E-state index in [0.29, 0.717) is 0 Å². The van der Waals surface area contributed by atoms with Crippen LogP contribution in [0.2, 0.25) is 0 Å². The third-order valence-electron chi connectivity index (χ3n) is 7.67. The average Bonchev–Trinajstić information content (AvgIpc) is 2.97. The second-order valence-electron chi connectivity index (χ2n) is 10.4. The Kier molecular flexibility index (Phi) is 8.27. The van der Waals surface area contributed by atoms with Crippen LogP contribution >= 0.6 is 0 Å². The molecule has 0 aliphatic carbocycles. The third kappa shape index (κ3) is 5.17. The van der Waals surface area contributed by atoms with E-state index < -0.39 is 91.2 Å². The van der Waals surface area contributed by atoms with E-state index in [1.165, 1.54) is 6.07 Å². The van der Waals surface area contributed by atoms with Crippen LogP contribution in [0.15, 0.2) is 40.8 Å². The summed E-state index contributed by atoms with van der Waals surface area (Å²) in [5, 5.41) is 125. The van der Waals surface area contributed by atoms with Crippen LogP contribution in [0.4, 0.5) is 0 Å². The quantitative estimate of drug-likeness (QED) is 0.102. The number of benzene rings is 2. The zero-order valence-corrected chi connectivity index (χ0v) is 22.1. The molecule has 10 atom stereocenters. The second kappa shape index (κ2) is 11.5. The van der Waals surface area contributed by atoms with Crippen molar-refractivity contribution < 1.29 is 79.9 Å². The van der Waals surface area contributed by atoms with Crippen molar-refractivity contribution in [2.75, 3.05) is 13.2 Å². The van der Waals surface area contributed by atoms with Crippen molar-refractivity contribution in [3.8, 4) is 40.1 Å². The molecule has 16 nitrogen and oxygen atoms in total. The number of phenolic OH excluding ortho intramolecular Hbond substituents is 4. The summed E-state index contributed by atoms with van der Waals surface area (Å²) in [6.45, 7) is -1.80. The maximum atomic E-state index is 11.9. The zero-order chi connectivity index (χ0) is 31.4. The van der Waals surface area contributed by atoms with E-state index in [4.69, 9.17) is 18.6 Å². The van der Waals surface area contributed by atoms with Crippen molar-refractivity contribution in [3.05, 3.63) is 36.4 Å². The van der Waals surface area contributed by atoms with Gasteiger partial charge in [-0.15, -0.1) is 0 Å². The average molecular weight is 612 g/mol. The number of phenols is 4. The molecule has 1 aromatic heterocycles. The molecule has 0 amide bonds. The first kappa shape index (κ1) is 30.9. The number of ether oxygens (including phenoxy) is 3. The van der Waals surface area contributed by atoms with Crippen LogP contribution in [-0.2, 0) is 9.47 Å². The summed E-state index contributed by atoms with van der Waals surface area (Å²) in [5.41, 5.74) is -3.05. The molecule has 0 radical (unpaired) electrons. The molecule has 3 aromatic rings. The van der Waals surface area contributed by atoms with Crippen molar-refractivity contribution in [3.63, 3.8) is 0 Å². The van der Waals surface area contributed by atoms with Crippen LogP contribution in [0.5, 0.6) is 28.7 Å². The highest BCUT2D eigenvalue weighted by molar-refractivity contribution is 5.88. The van der Waals surface area contributed by atoms with Gasteiger partial charge in [-0.25, -0.2) is 4.42 Å². The van der Waals surface area contributed by atoms with Crippen LogP contribution in [0.3, 0.4) is 0 Å². The summed E-state index contributed by atoms with van der Waals surface area (Å²) < 4.78 is 22.9. The predicted molar refractivity (Wildman–Crippen MR) is 140 cm³/mol. The summed E-state index contributed by atoms with van der Waals surface area (Å²) in [5.74, 6) is -2.57. The van der Waals surface area contributed by atoms with E-state index >= 15 is 0 Å². The van der Waals surface area contributed by atoms with E-state index in [0.717, 1.165) is 30.3 Å². The Labute approximate surface area is 241 Å². The molecule has 16 heteroatoms. The molecule has 43 heavy (non-hydrogen) atoms. The monoisotopic (exact) mass is 611 g/mol. The Morgan fingerprint density at radius 2 is 1.42 bits per heavy atom. The fourth-order valence-corrected chi connectivity index (χ4v) is 5.28. The predicted octanol–water partition coefficient (Wildman–Crippen LogP) is -2.41. The summed E-state index contributed by atoms with van der Waals surface area (Å²) in [4.78, 5) is 0. The number of fused-ring (bicyclic) bond motifs is 1. The van der Waals surface area contributed by atoms with Gasteiger partial charge in [-0.2, -0.15) is 0 Å². The molecule has 2 fully saturated rings. The summed E-state index contributed by atoms with van der Waals surface area (Å²) in [6, 6.07) is 6.75. The molecular weight excluding hydrogens is 580 g/mol. The second-order valence-corrected chi connectivity index (χ2v) is 10.4. The van der Waals surface area contributed by atoms with Gasteiger partial charge in [0.25, 0.3) is 0 Å². The van der Waals surface area contributed by atoms with Crippen LogP contribution in [0.1, 0.15) is 0 Å². The van der Waals surface area contributed by atoms with Crippen LogP contribution < -0.4 is 4.74 Å². The molecule has 5 rings (SSSR count). The van der Waals surface area contributed by atoms with Crippen molar-refractivity contribution in [1.29, 1.82) is 0 Å². The number of hydrogen-bond acceptors (Lipinski definition) is 15. The van der Waals surface area contributed by atoms with Gasteiger partial charge >= 0.3 is 11.3 Å². The molecule has 0 spiro atoms. The summed E-state index contributed by atoms with van der Waals surface area (Å²) >= 11 is 0. The van der Waals surface area contributed by atoms with E-state index in [9.17, 15) is 61.3 Å². The number of hydrogen-bond donors (Lipinski definition) is 12. The molecule has 0 unspecified atom stereocenters. The number of rotatable bonds is 6. The first-order valence-electron chi connectivity index (χ1n) is 13.0. The van der Waals surface area contributed by atoms with Crippen molar-refractivity contribution >= 4 is 11.0 Å².